The Morgan fingerprint density at radius 2 is 1.48 bits per heavy atom. The molecule has 1 aromatic heterocycles. The molecule has 0 radical (unpaired) electrons. The summed E-state index contributed by atoms with van der Waals surface area (Å²) < 4.78 is 5.49. The first-order chi connectivity index (χ1) is 12.3. The Hall–Kier alpha value is -3.26. The number of aromatic nitrogens is 1. The molecule has 5 aromatic rings. The van der Waals surface area contributed by atoms with Crippen molar-refractivity contribution in [1.29, 1.82) is 0 Å². The van der Waals surface area contributed by atoms with Gasteiger partial charge in [0.2, 0.25) is 0 Å². The molecule has 120 valence electrons. The molecule has 0 unspecified atom stereocenters. The average molecular weight is 323 g/mol. The molecule has 0 saturated carbocycles. The molecular formula is C23H17NO. The second-order valence-corrected chi connectivity index (χ2v) is 6.29. The van der Waals surface area contributed by atoms with Crippen molar-refractivity contribution >= 4 is 32.6 Å². The molecule has 1 heterocycles. The average Bonchev–Trinajstić information content (AvgIpc) is 3.06. The van der Waals surface area contributed by atoms with Crippen molar-refractivity contribution in [2.45, 2.75) is 0 Å². The number of hydrogen-bond acceptors (Lipinski definition) is 1. The second-order valence-electron chi connectivity index (χ2n) is 6.29. The van der Waals surface area contributed by atoms with E-state index in [9.17, 15) is 0 Å². The molecule has 25 heavy (non-hydrogen) atoms. The van der Waals surface area contributed by atoms with Crippen LogP contribution in [0, 0.1) is 0 Å². The van der Waals surface area contributed by atoms with Crippen LogP contribution in [0.4, 0.5) is 0 Å². The van der Waals surface area contributed by atoms with Gasteiger partial charge in [-0.15, -0.1) is 0 Å². The van der Waals surface area contributed by atoms with E-state index in [2.05, 4.69) is 71.7 Å². The molecule has 0 bridgehead atoms. The Kier molecular flexibility index (Phi) is 3.04. The van der Waals surface area contributed by atoms with Crippen LogP contribution in [0.2, 0.25) is 0 Å². The molecule has 0 fully saturated rings. The van der Waals surface area contributed by atoms with E-state index in [4.69, 9.17) is 4.74 Å². The summed E-state index contributed by atoms with van der Waals surface area (Å²) in [7, 11) is 1.72. The summed E-state index contributed by atoms with van der Waals surface area (Å²) in [6.07, 6.45) is 0. The number of benzene rings is 4. The number of aromatic amines is 1. The quantitative estimate of drug-likeness (QED) is 0.414. The zero-order valence-corrected chi connectivity index (χ0v) is 13.9. The lowest BCUT2D eigenvalue weighted by atomic mass is 9.94. The van der Waals surface area contributed by atoms with Gasteiger partial charge in [0.15, 0.2) is 0 Å². The summed E-state index contributed by atoms with van der Waals surface area (Å²) in [6, 6.07) is 27.6. The predicted octanol–water partition coefficient (Wildman–Crippen LogP) is 6.15. The Morgan fingerprint density at radius 3 is 2.32 bits per heavy atom. The van der Waals surface area contributed by atoms with Crippen LogP contribution in [0.3, 0.4) is 0 Å². The lowest BCUT2D eigenvalue weighted by molar-refractivity contribution is 0.415. The number of rotatable bonds is 2. The van der Waals surface area contributed by atoms with Gasteiger partial charge in [0.1, 0.15) is 5.75 Å². The van der Waals surface area contributed by atoms with Crippen molar-refractivity contribution in [3.63, 3.8) is 0 Å². The highest BCUT2D eigenvalue weighted by Crippen LogP contribution is 2.39. The minimum atomic E-state index is 0.879. The van der Waals surface area contributed by atoms with Crippen LogP contribution >= 0.6 is 0 Å². The van der Waals surface area contributed by atoms with Gasteiger partial charge in [0, 0.05) is 21.8 Å². The van der Waals surface area contributed by atoms with Gasteiger partial charge in [-0.1, -0.05) is 48.5 Å². The lowest BCUT2D eigenvalue weighted by Gasteiger charge is -2.11. The van der Waals surface area contributed by atoms with E-state index in [1.54, 1.807) is 7.11 Å². The Labute approximate surface area is 145 Å². The smallest absolute Gasteiger partial charge is 0.119 e. The summed E-state index contributed by atoms with van der Waals surface area (Å²) in [5.74, 6) is 0.879. The number of para-hydroxylation sites is 1. The summed E-state index contributed by atoms with van der Waals surface area (Å²) in [5.41, 5.74) is 4.76. The molecule has 2 nitrogen and oxygen atoms in total. The molecule has 0 aliphatic heterocycles. The van der Waals surface area contributed by atoms with Crippen LogP contribution in [-0.4, -0.2) is 12.1 Å². The second kappa shape index (κ2) is 5.38. The van der Waals surface area contributed by atoms with Crippen molar-refractivity contribution in [3.05, 3.63) is 78.9 Å². The van der Waals surface area contributed by atoms with Gasteiger partial charge >= 0.3 is 0 Å². The van der Waals surface area contributed by atoms with Crippen molar-refractivity contribution in [2.24, 2.45) is 0 Å². The van der Waals surface area contributed by atoms with Crippen LogP contribution in [0.25, 0.3) is 43.7 Å². The number of methoxy groups -OCH3 is 1. The normalized spacial score (nSPS) is 11.4. The molecule has 0 aliphatic rings. The number of fused-ring (bicyclic) bond motifs is 5. The maximum Gasteiger partial charge on any atom is 0.119 e. The number of nitrogens with one attached hydrogen (secondary N) is 1. The molecule has 0 saturated heterocycles. The Bertz CT molecular complexity index is 1220. The van der Waals surface area contributed by atoms with Crippen LogP contribution in [0.5, 0.6) is 5.75 Å². The van der Waals surface area contributed by atoms with Gasteiger partial charge in [-0.25, -0.2) is 0 Å². The molecular weight excluding hydrogens is 306 g/mol. The highest BCUT2D eigenvalue weighted by molar-refractivity contribution is 6.23. The summed E-state index contributed by atoms with van der Waals surface area (Å²) in [4.78, 5) is 3.58. The number of H-pyrrole nitrogens is 1. The van der Waals surface area contributed by atoms with Crippen molar-refractivity contribution in [1.82, 2.24) is 4.98 Å². The summed E-state index contributed by atoms with van der Waals surface area (Å²) in [6.45, 7) is 0. The fourth-order valence-electron chi connectivity index (χ4n) is 3.73. The topological polar surface area (TPSA) is 25.0 Å². The fraction of sp³-hybridized carbons (Fsp3) is 0.0435. The highest BCUT2D eigenvalue weighted by Gasteiger charge is 2.13. The predicted molar refractivity (Wildman–Crippen MR) is 105 cm³/mol. The Balaban J connectivity index is 2.00. The summed E-state index contributed by atoms with van der Waals surface area (Å²) >= 11 is 0. The van der Waals surface area contributed by atoms with Gasteiger partial charge in [-0.2, -0.15) is 0 Å². The van der Waals surface area contributed by atoms with Gasteiger partial charge < -0.3 is 9.72 Å². The SMILES string of the molecule is COc1ccc2c(c1)c(-c1ccccc1)cc1[nH]c3ccccc3c12. The van der Waals surface area contributed by atoms with E-state index in [-0.39, 0.29) is 0 Å². The third-order valence-corrected chi connectivity index (χ3v) is 4.89. The summed E-state index contributed by atoms with van der Waals surface area (Å²) in [5, 5.41) is 4.98. The number of hydrogen-bond donors (Lipinski definition) is 1. The van der Waals surface area contributed by atoms with Crippen LogP contribution < -0.4 is 4.74 Å². The van der Waals surface area contributed by atoms with E-state index < -0.39 is 0 Å². The fourth-order valence-corrected chi connectivity index (χ4v) is 3.73. The molecule has 0 atom stereocenters. The van der Waals surface area contributed by atoms with E-state index in [0.717, 1.165) is 11.3 Å². The lowest BCUT2D eigenvalue weighted by Crippen LogP contribution is -1.86. The van der Waals surface area contributed by atoms with Crippen LogP contribution in [-0.2, 0) is 0 Å². The van der Waals surface area contributed by atoms with Crippen molar-refractivity contribution in [3.8, 4) is 16.9 Å². The van der Waals surface area contributed by atoms with Gasteiger partial charge in [0.05, 0.1) is 7.11 Å². The first-order valence-corrected chi connectivity index (χ1v) is 8.42. The zero-order chi connectivity index (χ0) is 16.8. The third-order valence-electron chi connectivity index (χ3n) is 4.89. The van der Waals surface area contributed by atoms with Crippen LogP contribution in [0.15, 0.2) is 78.9 Å². The molecule has 5 rings (SSSR count). The maximum atomic E-state index is 5.49. The van der Waals surface area contributed by atoms with Gasteiger partial charge in [0.25, 0.3) is 0 Å². The third kappa shape index (κ3) is 2.11. The monoisotopic (exact) mass is 323 g/mol. The molecule has 1 N–H and O–H groups in total. The highest BCUT2D eigenvalue weighted by atomic mass is 16.5. The van der Waals surface area contributed by atoms with Crippen molar-refractivity contribution in [2.75, 3.05) is 7.11 Å². The largest absolute Gasteiger partial charge is 0.497 e. The van der Waals surface area contributed by atoms with E-state index in [1.165, 1.54) is 38.2 Å². The van der Waals surface area contributed by atoms with E-state index in [0.29, 0.717) is 0 Å². The minimum absolute atomic E-state index is 0.879. The first kappa shape index (κ1) is 14.1. The van der Waals surface area contributed by atoms with Gasteiger partial charge in [-0.05, 0) is 52.2 Å². The van der Waals surface area contributed by atoms with Crippen LogP contribution in [0.1, 0.15) is 0 Å². The minimum Gasteiger partial charge on any atom is -0.497 e. The maximum absolute atomic E-state index is 5.49. The zero-order valence-electron chi connectivity index (χ0n) is 13.9. The van der Waals surface area contributed by atoms with Crippen molar-refractivity contribution < 1.29 is 4.74 Å². The molecule has 0 spiro atoms. The Morgan fingerprint density at radius 1 is 0.680 bits per heavy atom. The molecule has 0 aliphatic carbocycles. The van der Waals surface area contributed by atoms with E-state index in [1.807, 2.05) is 12.1 Å². The van der Waals surface area contributed by atoms with E-state index >= 15 is 0 Å². The molecule has 0 amide bonds. The molecule has 2 heteroatoms. The standard InChI is InChI=1S/C23H17NO/c1-25-16-11-12-17-20(13-16)19(15-7-3-2-4-8-15)14-22-23(17)18-9-5-6-10-21(18)24-22/h2-14,24H,1H3. The molecule has 4 aromatic carbocycles. The van der Waals surface area contributed by atoms with Gasteiger partial charge in [-0.3, -0.25) is 0 Å². The first-order valence-electron chi connectivity index (χ1n) is 8.42. The number of ether oxygens (including phenoxy) is 1.